The highest BCUT2D eigenvalue weighted by atomic mass is 35.5. The molecule has 5 heteroatoms. The molecule has 2 unspecified atom stereocenters. The zero-order valence-corrected chi connectivity index (χ0v) is 10.9. The standard InChI is InChI=1S/C13H13ClN2O2/c1-13(2)9-10(13)12(18)16(11(9)17)6-3-4-8(15)7(14)5-6/h3-5,9-10H,15H2,1-2H3. The van der Waals surface area contributed by atoms with Gasteiger partial charge in [-0.3, -0.25) is 9.59 Å². The van der Waals surface area contributed by atoms with Crippen molar-refractivity contribution in [2.75, 3.05) is 10.6 Å². The van der Waals surface area contributed by atoms with Crippen LogP contribution in [0.15, 0.2) is 18.2 Å². The Morgan fingerprint density at radius 3 is 2.28 bits per heavy atom. The van der Waals surface area contributed by atoms with Gasteiger partial charge in [-0.2, -0.15) is 0 Å². The number of carbonyl (C=O) groups excluding carboxylic acids is 2. The molecule has 1 aliphatic carbocycles. The van der Waals surface area contributed by atoms with E-state index in [4.69, 9.17) is 17.3 Å². The number of nitrogen functional groups attached to an aromatic ring is 1. The Labute approximate surface area is 110 Å². The lowest BCUT2D eigenvalue weighted by Gasteiger charge is -2.20. The summed E-state index contributed by atoms with van der Waals surface area (Å²) in [6, 6.07) is 4.81. The van der Waals surface area contributed by atoms with Crippen LogP contribution in [0.4, 0.5) is 11.4 Å². The lowest BCUT2D eigenvalue weighted by atomic mass is 10.1. The van der Waals surface area contributed by atoms with Gasteiger partial charge in [0, 0.05) is 0 Å². The molecule has 1 aromatic carbocycles. The number of hydrogen-bond acceptors (Lipinski definition) is 3. The number of amides is 2. The molecule has 0 radical (unpaired) electrons. The summed E-state index contributed by atoms with van der Waals surface area (Å²) >= 11 is 5.92. The molecule has 0 aromatic heterocycles. The summed E-state index contributed by atoms with van der Waals surface area (Å²) in [6.07, 6.45) is 0. The number of rotatable bonds is 1. The van der Waals surface area contributed by atoms with Crippen LogP contribution in [0.2, 0.25) is 5.02 Å². The first-order valence-electron chi connectivity index (χ1n) is 5.78. The Morgan fingerprint density at radius 2 is 1.78 bits per heavy atom. The first-order valence-corrected chi connectivity index (χ1v) is 6.16. The normalized spacial score (nSPS) is 28.5. The van der Waals surface area contributed by atoms with Gasteiger partial charge in [-0.05, 0) is 23.6 Å². The van der Waals surface area contributed by atoms with E-state index in [0.717, 1.165) is 0 Å². The Balaban J connectivity index is 1.98. The Bertz CT molecular complexity index is 558. The Hall–Kier alpha value is -1.55. The maximum Gasteiger partial charge on any atom is 0.238 e. The van der Waals surface area contributed by atoms with Gasteiger partial charge in [0.2, 0.25) is 11.8 Å². The van der Waals surface area contributed by atoms with E-state index in [9.17, 15) is 9.59 Å². The second-order valence-corrected chi connectivity index (χ2v) is 5.90. The summed E-state index contributed by atoms with van der Waals surface area (Å²) in [5, 5.41) is 0.355. The fraction of sp³-hybridized carbons (Fsp3) is 0.385. The quantitative estimate of drug-likeness (QED) is 0.624. The number of imide groups is 1. The van der Waals surface area contributed by atoms with E-state index in [-0.39, 0.29) is 29.1 Å². The molecule has 2 amide bonds. The molecule has 1 heterocycles. The summed E-state index contributed by atoms with van der Waals surface area (Å²) in [4.78, 5) is 25.6. The smallest absolute Gasteiger partial charge is 0.238 e. The Kier molecular flexibility index (Phi) is 2.09. The largest absolute Gasteiger partial charge is 0.398 e. The van der Waals surface area contributed by atoms with Gasteiger partial charge in [-0.15, -0.1) is 0 Å². The second-order valence-electron chi connectivity index (χ2n) is 5.49. The van der Waals surface area contributed by atoms with E-state index in [1.54, 1.807) is 18.2 Å². The van der Waals surface area contributed by atoms with Crippen LogP contribution in [0.25, 0.3) is 0 Å². The van der Waals surface area contributed by atoms with Crippen molar-refractivity contribution in [3.05, 3.63) is 23.2 Å². The van der Waals surface area contributed by atoms with Gasteiger partial charge in [-0.25, -0.2) is 4.90 Å². The minimum atomic E-state index is -0.192. The van der Waals surface area contributed by atoms with E-state index in [1.807, 2.05) is 13.8 Å². The topological polar surface area (TPSA) is 63.4 Å². The minimum Gasteiger partial charge on any atom is -0.398 e. The third-order valence-corrected chi connectivity index (χ3v) is 4.37. The maximum atomic E-state index is 12.2. The van der Waals surface area contributed by atoms with Crippen molar-refractivity contribution in [1.82, 2.24) is 0 Å². The monoisotopic (exact) mass is 264 g/mol. The van der Waals surface area contributed by atoms with Crippen molar-refractivity contribution in [2.24, 2.45) is 17.3 Å². The van der Waals surface area contributed by atoms with Crippen LogP contribution in [0, 0.1) is 17.3 Å². The molecular formula is C13H13ClN2O2. The minimum absolute atomic E-state index is 0.129. The number of halogens is 1. The molecule has 2 N–H and O–H groups in total. The average Bonchev–Trinajstić information content (AvgIpc) is 2.74. The van der Waals surface area contributed by atoms with Gasteiger partial charge in [0.05, 0.1) is 28.2 Å². The third-order valence-electron chi connectivity index (χ3n) is 4.04. The lowest BCUT2D eigenvalue weighted by molar-refractivity contribution is -0.125. The molecule has 18 heavy (non-hydrogen) atoms. The van der Waals surface area contributed by atoms with Crippen molar-refractivity contribution < 1.29 is 9.59 Å². The van der Waals surface area contributed by atoms with Crippen LogP contribution in [0.5, 0.6) is 0 Å². The zero-order chi connectivity index (χ0) is 13.2. The predicted octanol–water partition coefficient (Wildman–Crippen LogP) is 2.07. The van der Waals surface area contributed by atoms with Crippen LogP contribution >= 0.6 is 11.6 Å². The Morgan fingerprint density at radius 1 is 1.22 bits per heavy atom. The highest BCUT2D eigenvalue weighted by Crippen LogP contribution is 2.63. The van der Waals surface area contributed by atoms with Crippen LogP contribution in [-0.2, 0) is 9.59 Å². The van der Waals surface area contributed by atoms with Crippen molar-refractivity contribution in [3.8, 4) is 0 Å². The summed E-state index contributed by atoms with van der Waals surface area (Å²) in [5.74, 6) is -0.616. The second kappa shape index (κ2) is 3.26. The highest BCUT2D eigenvalue weighted by molar-refractivity contribution is 6.34. The molecule has 1 saturated carbocycles. The molecule has 1 aromatic rings. The molecule has 2 aliphatic rings. The molecule has 4 nitrogen and oxygen atoms in total. The molecule has 1 saturated heterocycles. The number of anilines is 2. The van der Waals surface area contributed by atoms with Crippen LogP contribution < -0.4 is 10.6 Å². The molecular weight excluding hydrogens is 252 g/mol. The van der Waals surface area contributed by atoms with Crippen LogP contribution in [0.3, 0.4) is 0 Å². The van der Waals surface area contributed by atoms with Crippen molar-refractivity contribution in [2.45, 2.75) is 13.8 Å². The maximum absolute atomic E-state index is 12.2. The van der Waals surface area contributed by atoms with E-state index in [2.05, 4.69) is 0 Å². The van der Waals surface area contributed by atoms with Crippen LogP contribution in [-0.4, -0.2) is 11.8 Å². The number of fused-ring (bicyclic) bond motifs is 1. The predicted molar refractivity (Wildman–Crippen MR) is 69.1 cm³/mol. The van der Waals surface area contributed by atoms with Crippen molar-refractivity contribution >= 4 is 34.8 Å². The van der Waals surface area contributed by atoms with Gasteiger partial charge in [0.1, 0.15) is 0 Å². The van der Waals surface area contributed by atoms with E-state index >= 15 is 0 Å². The number of benzene rings is 1. The van der Waals surface area contributed by atoms with Gasteiger partial charge in [0.25, 0.3) is 0 Å². The number of piperidine rings is 1. The van der Waals surface area contributed by atoms with Gasteiger partial charge in [-0.1, -0.05) is 25.4 Å². The molecule has 0 spiro atoms. The molecule has 3 rings (SSSR count). The molecule has 94 valence electrons. The SMILES string of the molecule is CC1(C)C2C(=O)N(c3ccc(N)c(Cl)c3)C(=O)C21. The number of carbonyl (C=O) groups is 2. The van der Waals surface area contributed by atoms with Gasteiger partial charge in [0.15, 0.2) is 0 Å². The lowest BCUT2D eigenvalue weighted by Crippen LogP contribution is -2.36. The fourth-order valence-corrected chi connectivity index (χ4v) is 3.03. The average molecular weight is 265 g/mol. The summed E-state index contributed by atoms with van der Waals surface area (Å²) < 4.78 is 0. The number of nitrogens with zero attached hydrogens (tertiary/aromatic N) is 1. The summed E-state index contributed by atoms with van der Waals surface area (Å²) in [5.41, 5.74) is 6.37. The summed E-state index contributed by atoms with van der Waals surface area (Å²) in [7, 11) is 0. The van der Waals surface area contributed by atoms with Gasteiger partial charge < -0.3 is 5.73 Å². The fourth-order valence-electron chi connectivity index (χ4n) is 2.86. The van der Waals surface area contributed by atoms with E-state index in [1.165, 1.54) is 4.90 Å². The third kappa shape index (κ3) is 1.27. The molecule has 1 aliphatic heterocycles. The zero-order valence-electron chi connectivity index (χ0n) is 10.1. The van der Waals surface area contributed by atoms with E-state index < -0.39 is 0 Å². The first-order chi connectivity index (χ1) is 8.35. The summed E-state index contributed by atoms with van der Waals surface area (Å²) in [6.45, 7) is 3.90. The molecule has 2 fully saturated rings. The highest BCUT2D eigenvalue weighted by Gasteiger charge is 2.72. The number of nitrogens with two attached hydrogens (primary N) is 1. The molecule has 0 bridgehead atoms. The first kappa shape index (κ1) is 11.5. The van der Waals surface area contributed by atoms with Gasteiger partial charge >= 0.3 is 0 Å². The number of hydrogen-bond donors (Lipinski definition) is 1. The van der Waals surface area contributed by atoms with Crippen molar-refractivity contribution in [1.29, 1.82) is 0 Å². The molecule has 2 atom stereocenters. The van der Waals surface area contributed by atoms with Crippen LogP contribution in [0.1, 0.15) is 13.8 Å². The van der Waals surface area contributed by atoms with E-state index in [0.29, 0.717) is 16.4 Å². The van der Waals surface area contributed by atoms with Crippen molar-refractivity contribution in [3.63, 3.8) is 0 Å².